The van der Waals surface area contributed by atoms with Gasteiger partial charge in [-0.3, -0.25) is 0 Å². The van der Waals surface area contributed by atoms with Crippen molar-refractivity contribution in [2.24, 2.45) is 5.73 Å². The Kier molecular flexibility index (Phi) is 4.23. The summed E-state index contributed by atoms with van der Waals surface area (Å²) in [6.07, 6.45) is 2.98. The van der Waals surface area contributed by atoms with Gasteiger partial charge in [-0.1, -0.05) is 5.21 Å². The smallest absolute Gasteiger partial charge is 0.0965 e. The molecule has 0 radical (unpaired) electrons. The SMILES string of the molecule is CC(C)(C)n1cc(CNCCCN)nn1. The molecule has 1 aromatic heterocycles. The minimum absolute atomic E-state index is 0.00249. The summed E-state index contributed by atoms with van der Waals surface area (Å²) < 4.78 is 1.88. The molecule has 0 spiro atoms. The van der Waals surface area contributed by atoms with Gasteiger partial charge in [-0.25, -0.2) is 4.68 Å². The molecule has 1 rings (SSSR count). The van der Waals surface area contributed by atoms with Crippen molar-refractivity contribution in [1.82, 2.24) is 20.3 Å². The molecule has 0 amide bonds. The zero-order valence-corrected chi connectivity index (χ0v) is 9.82. The molecule has 0 aliphatic carbocycles. The molecule has 0 aliphatic heterocycles. The van der Waals surface area contributed by atoms with Crippen molar-refractivity contribution in [3.8, 4) is 0 Å². The molecule has 0 saturated heterocycles. The fourth-order valence-electron chi connectivity index (χ4n) is 1.15. The minimum atomic E-state index is 0.00249. The monoisotopic (exact) mass is 211 g/mol. The van der Waals surface area contributed by atoms with E-state index in [0.717, 1.165) is 31.7 Å². The van der Waals surface area contributed by atoms with Crippen LogP contribution in [-0.2, 0) is 12.1 Å². The summed E-state index contributed by atoms with van der Waals surface area (Å²) in [5, 5.41) is 11.5. The predicted octanol–water partition coefficient (Wildman–Crippen LogP) is 0.472. The third-order valence-electron chi connectivity index (χ3n) is 2.09. The summed E-state index contributed by atoms with van der Waals surface area (Å²) >= 11 is 0. The van der Waals surface area contributed by atoms with Gasteiger partial charge < -0.3 is 11.1 Å². The van der Waals surface area contributed by atoms with Crippen LogP contribution in [0.25, 0.3) is 0 Å². The molecule has 5 nitrogen and oxygen atoms in total. The molecule has 0 saturated carbocycles. The van der Waals surface area contributed by atoms with Crippen molar-refractivity contribution >= 4 is 0 Å². The standard InChI is InChI=1S/C10H21N5/c1-10(2,3)15-8-9(13-14-15)7-12-6-4-5-11/h8,12H,4-7,11H2,1-3H3. The summed E-state index contributed by atoms with van der Waals surface area (Å²) in [6, 6.07) is 0. The Labute approximate surface area is 91.0 Å². The second kappa shape index (κ2) is 5.23. The molecule has 1 aromatic rings. The molecule has 0 fully saturated rings. The Morgan fingerprint density at radius 1 is 1.47 bits per heavy atom. The van der Waals surface area contributed by atoms with Gasteiger partial charge in [0.15, 0.2) is 0 Å². The molecule has 5 heteroatoms. The van der Waals surface area contributed by atoms with E-state index in [1.165, 1.54) is 0 Å². The van der Waals surface area contributed by atoms with Crippen LogP contribution in [0.1, 0.15) is 32.9 Å². The maximum Gasteiger partial charge on any atom is 0.0965 e. The Morgan fingerprint density at radius 2 is 2.20 bits per heavy atom. The number of nitrogens with two attached hydrogens (primary N) is 1. The Balaban J connectivity index is 2.40. The lowest BCUT2D eigenvalue weighted by molar-refractivity contribution is 0.347. The summed E-state index contributed by atoms with van der Waals surface area (Å²) in [7, 11) is 0. The summed E-state index contributed by atoms with van der Waals surface area (Å²) in [4.78, 5) is 0. The van der Waals surface area contributed by atoms with Gasteiger partial charge in [0, 0.05) is 6.54 Å². The van der Waals surface area contributed by atoms with Crippen molar-refractivity contribution in [1.29, 1.82) is 0 Å². The van der Waals surface area contributed by atoms with Crippen LogP contribution < -0.4 is 11.1 Å². The molecule has 86 valence electrons. The number of hydrogen-bond acceptors (Lipinski definition) is 4. The molecular formula is C10H21N5. The van der Waals surface area contributed by atoms with E-state index < -0.39 is 0 Å². The topological polar surface area (TPSA) is 68.8 Å². The van der Waals surface area contributed by atoms with E-state index in [-0.39, 0.29) is 5.54 Å². The first-order chi connectivity index (χ1) is 7.04. The average molecular weight is 211 g/mol. The zero-order valence-electron chi connectivity index (χ0n) is 9.82. The lowest BCUT2D eigenvalue weighted by atomic mass is 10.1. The van der Waals surface area contributed by atoms with Crippen LogP contribution in [0.3, 0.4) is 0 Å². The van der Waals surface area contributed by atoms with Crippen LogP contribution in [0, 0.1) is 0 Å². The first-order valence-electron chi connectivity index (χ1n) is 5.36. The predicted molar refractivity (Wildman–Crippen MR) is 60.4 cm³/mol. The molecule has 0 aromatic carbocycles. The lowest BCUT2D eigenvalue weighted by Crippen LogP contribution is -2.22. The highest BCUT2D eigenvalue weighted by Crippen LogP contribution is 2.11. The number of aromatic nitrogens is 3. The quantitative estimate of drug-likeness (QED) is 0.695. The van der Waals surface area contributed by atoms with E-state index in [9.17, 15) is 0 Å². The first kappa shape index (κ1) is 12.1. The van der Waals surface area contributed by atoms with Crippen molar-refractivity contribution in [2.75, 3.05) is 13.1 Å². The van der Waals surface area contributed by atoms with Gasteiger partial charge in [-0.15, -0.1) is 5.10 Å². The van der Waals surface area contributed by atoms with Gasteiger partial charge in [-0.2, -0.15) is 0 Å². The van der Waals surface area contributed by atoms with Crippen molar-refractivity contribution in [2.45, 2.75) is 39.3 Å². The number of hydrogen-bond donors (Lipinski definition) is 2. The molecule has 3 N–H and O–H groups in total. The molecule has 1 heterocycles. The molecule has 15 heavy (non-hydrogen) atoms. The maximum absolute atomic E-state index is 5.40. The highest BCUT2D eigenvalue weighted by atomic mass is 15.4. The van der Waals surface area contributed by atoms with Gasteiger partial charge in [-0.05, 0) is 40.3 Å². The fourth-order valence-corrected chi connectivity index (χ4v) is 1.15. The second-order valence-electron chi connectivity index (χ2n) is 4.64. The highest BCUT2D eigenvalue weighted by molar-refractivity contribution is 4.93. The Morgan fingerprint density at radius 3 is 2.73 bits per heavy atom. The summed E-state index contributed by atoms with van der Waals surface area (Å²) in [5.41, 5.74) is 6.37. The van der Waals surface area contributed by atoms with E-state index >= 15 is 0 Å². The van der Waals surface area contributed by atoms with E-state index in [1.54, 1.807) is 0 Å². The van der Waals surface area contributed by atoms with Gasteiger partial charge >= 0.3 is 0 Å². The molecule has 0 bridgehead atoms. The molecule has 0 aliphatic rings. The van der Waals surface area contributed by atoms with Crippen LogP contribution in [0.5, 0.6) is 0 Å². The fraction of sp³-hybridized carbons (Fsp3) is 0.800. The van der Waals surface area contributed by atoms with Gasteiger partial charge in [0.05, 0.1) is 17.4 Å². The summed E-state index contributed by atoms with van der Waals surface area (Å²) in [6.45, 7) is 8.73. The van der Waals surface area contributed by atoms with Gasteiger partial charge in [0.25, 0.3) is 0 Å². The van der Waals surface area contributed by atoms with Gasteiger partial charge in [0.1, 0.15) is 0 Å². The molecular weight excluding hydrogens is 190 g/mol. The van der Waals surface area contributed by atoms with Crippen molar-refractivity contribution in [3.63, 3.8) is 0 Å². The number of nitrogens with zero attached hydrogens (tertiary/aromatic N) is 3. The van der Waals surface area contributed by atoms with Gasteiger partial charge in [0.2, 0.25) is 0 Å². The van der Waals surface area contributed by atoms with Crippen molar-refractivity contribution < 1.29 is 0 Å². The van der Waals surface area contributed by atoms with Crippen LogP contribution in [0.15, 0.2) is 6.20 Å². The van der Waals surface area contributed by atoms with E-state index in [1.807, 2.05) is 10.9 Å². The van der Waals surface area contributed by atoms with Crippen LogP contribution in [0.2, 0.25) is 0 Å². The molecule has 0 unspecified atom stereocenters. The second-order valence-corrected chi connectivity index (χ2v) is 4.64. The van der Waals surface area contributed by atoms with Crippen LogP contribution in [0.4, 0.5) is 0 Å². The first-order valence-corrected chi connectivity index (χ1v) is 5.36. The van der Waals surface area contributed by atoms with E-state index in [2.05, 4.69) is 36.4 Å². The maximum atomic E-state index is 5.40. The summed E-state index contributed by atoms with van der Waals surface area (Å²) in [5.74, 6) is 0. The number of nitrogens with one attached hydrogen (secondary N) is 1. The number of rotatable bonds is 5. The Hall–Kier alpha value is -0.940. The molecule has 0 atom stereocenters. The van der Waals surface area contributed by atoms with Crippen LogP contribution >= 0.6 is 0 Å². The normalized spacial score (nSPS) is 12.0. The van der Waals surface area contributed by atoms with Crippen LogP contribution in [-0.4, -0.2) is 28.1 Å². The third kappa shape index (κ3) is 3.97. The average Bonchev–Trinajstić information content (AvgIpc) is 2.60. The largest absolute Gasteiger partial charge is 0.330 e. The van der Waals surface area contributed by atoms with E-state index in [0.29, 0.717) is 0 Å². The highest BCUT2D eigenvalue weighted by Gasteiger charge is 2.14. The Bertz CT molecular complexity index is 286. The van der Waals surface area contributed by atoms with Crippen molar-refractivity contribution in [3.05, 3.63) is 11.9 Å². The lowest BCUT2D eigenvalue weighted by Gasteiger charge is -2.17. The zero-order chi connectivity index (χ0) is 11.3. The van der Waals surface area contributed by atoms with E-state index in [4.69, 9.17) is 5.73 Å². The minimum Gasteiger partial charge on any atom is -0.330 e. The third-order valence-corrected chi connectivity index (χ3v) is 2.09.